The largest absolute Gasteiger partial charge is 0.545 e. The molecular formula is C10H6NO3-. The number of H-pyrrole nitrogens is 1. The first-order chi connectivity index (χ1) is 6.68. The molecule has 2 aromatic rings. The standard InChI is InChI=1S/C10H7NO3/c12-9-5-7(10(13)14)6-3-1-2-4-8(6)11-9/h1-5H,(H,11,12)(H,13,14)/p-1. The van der Waals surface area contributed by atoms with Crippen LogP contribution in [0.5, 0.6) is 0 Å². The Bertz CT molecular complexity index is 557. The van der Waals surface area contributed by atoms with Crippen molar-refractivity contribution in [2.45, 2.75) is 0 Å². The number of aromatic amines is 1. The second-order valence-corrected chi connectivity index (χ2v) is 2.88. The fourth-order valence-corrected chi connectivity index (χ4v) is 1.37. The number of aromatic nitrogens is 1. The number of carboxylic acid groups (broad SMARTS) is 1. The van der Waals surface area contributed by atoms with Crippen LogP contribution in [0.3, 0.4) is 0 Å². The maximum Gasteiger partial charge on any atom is 0.249 e. The lowest BCUT2D eigenvalue weighted by Crippen LogP contribution is -2.24. The van der Waals surface area contributed by atoms with Gasteiger partial charge in [0.05, 0.1) is 5.97 Å². The second kappa shape index (κ2) is 2.99. The van der Waals surface area contributed by atoms with Crippen LogP contribution in [0, 0.1) is 0 Å². The highest BCUT2D eigenvalue weighted by atomic mass is 16.4. The molecule has 1 aromatic heterocycles. The van der Waals surface area contributed by atoms with Gasteiger partial charge in [0, 0.05) is 22.5 Å². The Morgan fingerprint density at radius 1 is 1.29 bits per heavy atom. The van der Waals surface area contributed by atoms with Gasteiger partial charge in [-0.15, -0.1) is 0 Å². The summed E-state index contributed by atoms with van der Waals surface area (Å²) >= 11 is 0. The van der Waals surface area contributed by atoms with Crippen LogP contribution in [-0.4, -0.2) is 11.0 Å². The van der Waals surface area contributed by atoms with E-state index in [4.69, 9.17) is 0 Å². The number of aromatic carboxylic acids is 1. The minimum Gasteiger partial charge on any atom is -0.545 e. The molecule has 0 aliphatic rings. The Morgan fingerprint density at radius 3 is 2.71 bits per heavy atom. The van der Waals surface area contributed by atoms with E-state index < -0.39 is 11.5 Å². The number of nitrogens with one attached hydrogen (secondary N) is 1. The molecule has 0 bridgehead atoms. The Balaban J connectivity index is 2.94. The van der Waals surface area contributed by atoms with E-state index in [1.807, 2.05) is 0 Å². The van der Waals surface area contributed by atoms with Crippen LogP contribution in [0.15, 0.2) is 35.1 Å². The normalized spacial score (nSPS) is 10.3. The van der Waals surface area contributed by atoms with Gasteiger partial charge in [0.25, 0.3) is 0 Å². The quantitative estimate of drug-likeness (QED) is 0.678. The Kier molecular flexibility index (Phi) is 1.81. The van der Waals surface area contributed by atoms with Gasteiger partial charge >= 0.3 is 0 Å². The van der Waals surface area contributed by atoms with Gasteiger partial charge in [0.15, 0.2) is 0 Å². The van der Waals surface area contributed by atoms with Crippen molar-refractivity contribution in [2.75, 3.05) is 0 Å². The summed E-state index contributed by atoms with van der Waals surface area (Å²) in [4.78, 5) is 24.3. The van der Waals surface area contributed by atoms with Crippen molar-refractivity contribution in [3.8, 4) is 0 Å². The summed E-state index contributed by atoms with van der Waals surface area (Å²) in [6.07, 6.45) is 0. The van der Waals surface area contributed by atoms with Crippen molar-refractivity contribution in [3.05, 3.63) is 46.2 Å². The summed E-state index contributed by atoms with van der Waals surface area (Å²) in [6, 6.07) is 7.71. The molecule has 2 rings (SSSR count). The number of pyridine rings is 1. The molecule has 1 heterocycles. The third-order valence-corrected chi connectivity index (χ3v) is 1.97. The summed E-state index contributed by atoms with van der Waals surface area (Å²) in [5, 5.41) is 11.2. The maximum absolute atomic E-state index is 11.1. The highest BCUT2D eigenvalue weighted by Gasteiger charge is 2.02. The molecule has 0 saturated carbocycles. The van der Waals surface area contributed by atoms with E-state index in [0.717, 1.165) is 6.07 Å². The molecule has 0 radical (unpaired) electrons. The molecule has 14 heavy (non-hydrogen) atoms. The molecule has 0 fully saturated rings. The molecule has 0 spiro atoms. The lowest BCUT2D eigenvalue weighted by atomic mass is 10.1. The molecular weight excluding hydrogens is 182 g/mol. The molecule has 0 amide bonds. The van der Waals surface area contributed by atoms with Crippen LogP contribution in [0.2, 0.25) is 0 Å². The highest BCUT2D eigenvalue weighted by Crippen LogP contribution is 2.13. The van der Waals surface area contributed by atoms with Crippen molar-refractivity contribution < 1.29 is 9.90 Å². The molecule has 4 nitrogen and oxygen atoms in total. The number of hydrogen-bond acceptors (Lipinski definition) is 3. The predicted molar refractivity (Wildman–Crippen MR) is 48.9 cm³/mol. The topological polar surface area (TPSA) is 73.0 Å². The first-order valence-corrected chi connectivity index (χ1v) is 4.02. The SMILES string of the molecule is O=C([O-])c1cc(=O)[nH]c2ccccc12. The number of hydrogen-bond donors (Lipinski definition) is 1. The highest BCUT2D eigenvalue weighted by molar-refractivity contribution is 6.01. The number of fused-ring (bicyclic) bond motifs is 1. The fourth-order valence-electron chi connectivity index (χ4n) is 1.37. The third kappa shape index (κ3) is 1.26. The Hall–Kier alpha value is -2.10. The Morgan fingerprint density at radius 2 is 2.00 bits per heavy atom. The molecule has 0 unspecified atom stereocenters. The zero-order chi connectivity index (χ0) is 10.1. The van der Waals surface area contributed by atoms with Gasteiger partial charge < -0.3 is 14.9 Å². The monoisotopic (exact) mass is 188 g/mol. The first kappa shape index (κ1) is 8.50. The van der Waals surface area contributed by atoms with Crippen LogP contribution in [-0.2, 0) is 0 Å². The lowest BCUT2D eigenvalue weighted by molar-refractivity contribution is -0.254. The van der Waals surface area contributed by atoms with E-state index in [0.29, 0.717) is 10.9 Å². The van der Waals surface area contributed by atoms with E-state index in [1.165, 1.54) is 0 Å². The van der Waals surface area contributed by atoms with Crippen LogP contribution < -0.4 is 10.7 Å². The molecule has 0 atom stereocenters. The Labute approximate surface area is 78.8 Å². The lowest BCUT2D eigenvalue weighted by Gasteiger charge is -2.05. The average molecular weight is 188 g/mol. The van der Waals surface area contributed by atoms with Crippen molar-refractivity contribution in [1.29, 1.82) is 0 Å². The van der Waals surface area contributed by atoms with Gasteiger partial charge in [-0.3, -0.25) is 4.79 Å². The minimum absolute atomic E-state index is 0.0793. The smallest absolute Gasteiger partial charge is 0.249 e. The van der Waals surface area contributed by atoms with Crippen molar-refractivity contribution in [1.82, 2.24) is 4.98 Å². The molecule has 4 heteroatoms. The van der Waals surface area contributed by atoms with E-state index in [9.17, 15) is 14.7 Å². The molecule has 1 N–H and O–H groups in total. The van der Waals surface area contributed by atoms with Gasteiger partial charge in [0.1, 0.15) is 0 Å². The van der Waals surface area contributed by atoms with Gasteiger partial charge in [-0.1, -0.05) is 18.2 Å². The van der Waals surface area contributed by atoms with E-state index in [2.05, 4.69) is 4.98 Å². The van der Waals surface area contributed by atoms with E-state index >= 15 is 0 Å². The van der Waals surface area contributed by atoms with E-state index in [-0.39, 0.29) is 5.56 Å². The van der Waals surface area contributed by atoms with Gasteiger partial charge in [-0.05, 0) is 6.07 Å². The summed E-state index contributed by atoms with van der Waals surface area (Å²) in [5.41, 5.74) is -0.0218. The third-order valence-electron chi connectivity index (χ3n) is 1.97. The molecule has 0 saturated heterocycles. The number of benzene rings is 1. The number of rotatable bonds is 1. The van der Waals surface area contributed by atoms with E-state index in [1.54, 1.807) is 24.3 Å². The molecule has 0 aliphatic carbocycles. The average Bonchev–Trinajstić information content (AvgIpc) is 2.16. The molecule has 70 valence electrons. The minimum atomic E-state index is -1.34. The zero-order valence-electron chi connectivity index (χ0n) is 7.11. The fraction of sp³-hybridized carbons (Fsp3) is 0. The number of carbonyl (C=O) groups excluding carboxylic acids is 1. The summed E-state index contributed by atoms with van der Waals surface area (Å²) in [5.74, 6) is -1.34. The predicted octanol–water partition coefficient (Wildman–Crippen LogP) is -0.108. The summed E-state index contributed by atoms with van der Waals surface area (Å²) < 4.78 is 0. The maximum atomic E-state index is 11.1. The van der Waals surface area contributed by atoms with Crippen LogP contribution in [0.4, 0.5) is 0 Å². The summed E-state index contributed by atoms with van der Waals surface area (Å²) in [6.45, 7) is 0. The van der Waals surface area contributed by atoms with Gasteiger partial charge in [-0.2, -0.15) is 0 Å². The number of carbonyl (C=O) groups is 1. The first-order valence-electron chi connectivity index (χ1n) is 4.02. The van der Waals surface area contributed by atoms with Crippen molar-refractivity contribution >= 4 is 16.9 Å². The zero-order valence-corrected chi connectivity index (χ0v) is 7.11. The van der Waals surface area contributed by atoms with Gasteiger partial charge in [0.2, 0.25) is 5.56 Å². The van der Waals surface area contributed by atoms with Crippen molar-refractivity contribution in [2.24, 2.45) is 0 Å². The van der Waals surface area contributed by atoms with Gasteiger partial charge in [-0.25, -0.2) is 0 Å². The number of carboxylic acids is 1. The van der Waals surface area contributed by atoms with Crippen LogP contribution in [0.25, 0.3) is 10.9 Å². The molecule has 1 aromatic carbocycles. The van der Waals surface area contributed by atoms with Crippen LogP contribution in [0.1, 0.15) is 10.4 Å². The van der Waals surface area contributed by atoms with Crippen molar-refractivity contribution in [3.63, 3.8) is 0 Å². The second-order valence-electron chi connectivity index (χ2n) is 2.88. The summed E-state index contributed by atoms with van der Waals surface area (Å²) in [7, 11) is 0. The van der Waals surface area contributed by atoms with Crippen LogP contribution >= 0.6 is 0 Å². The number of para-hydroxylation sites is 1. The molecule has 0 aliphatic heterocycles.